The van der Waals surface area contributed by atoms with Crippen molar-refractivity contribution >= 4 is 0 Å². The number of hydrogen-bond acceptors (Lipinski definition) is 5. The Morgan fingerprint density at radius 2 is 2.18 bits per heavy atom. The number of ether oxygens (including phenoxy) is 1. The highest BCUT2D eigenvalue weighted by Gasteiger charge is 2.35. The van der Waals surface area contributed by atoms with Crippen molar-refractivity contribution in [2.75, 3.05) is 13.2 Å². The Morgan fingerprint density at radius 1 is 1.41 bits per heavy atom. The quantitative estimate of drug-likeness (QED) is 0.593. The molecule has 17 heavy (non-hydrogen) atoms. The van der Waals surface area contributed by atoms with Gasteiger partial charge in [0, 0.05) is 31.2 Å². The van der Waals surface area contributed by atoms with Gasteiger partial charge in [-0.25, -0.2) is 4.79 Å². The van der Waals surface area contributed by atoms with Crippen molar-refractivity contribution in [1.82, 2.24) is 9.55 Å². The second kappa shape index (κ2) is 4.82. The van der Waals surface area contributed by atoms with Gasteiger partial charge in [-0.1, -0.05) is 0 Å². The highest BCUT2D eigenvalue weighted by molar-refractivity contribution is 4.88. The summed E-state index contributed by atoms with van der Waals surface area (Å²) in [5, 5.41) is 18.2. The van der Waals surface area contributed by atoms with Crippen LogP contribution in [0, 0.1) is 5.92 Å². The smallest absolute Gasteiger partial charge is 0.330 e. The maximum absolute atomic E-state index is 11.5. The standard InChI is InChI=1S/C10H14N2O5/c13-4-6-3-9(17-7(6)5-14)12-2-1-8(15)11-10(12)16/h1-2,6-7,9,13-14H,3-5H2,(H,11,15,16)/t6-,7+,9+/m0/s1. The first-order valence-electron chi connectivity index (χ1n) is 5.34. The van der Waals surface area contributed by atoms with Crippen LogP contribution in [0.4, 0.5) is 0 Å². The first-order valence-corrected chi connectivity index (χ1v) is 5.34. The number of aliphatic hydroxyl groups excluding tert-OH is 2. The number of rotatable bonds is 3. The van der Waals surface area contributed by atoms with E-state index in [0.29, 0.717) is 6.42 Å². The normalized spacial score (nSPS) is 28.5. The maximum Gasteiger partial charge on any atom is 0.330 e. The van der Waals surface area contributed by atoms with Gasteiger partial charge in [-0.2, -0.15) is 0 Å². The maximum atomic E-state index is 11.5. The Balaban J connectivity index is 2.25. The van der Waals surface area contributed by atoms with Crippen LogP contribution >= 0.6 is 0 Å². The summed E-state index contributed by atoms with van der Waals surface area (Å²) in [4.78, 5) is 24.6. The lowest BCUT2D eigenvalue weighted by atomic mass is 10.0. The SMILES string of the molecule is O=c1ccn([C@H]2C[C@@H](CO)[C@@H](CO)O2)c(=O)[nH]1. The van der Waals surface area contributed by atoms with E-state index < -0.39 is 23.6 Å². The van der Waals surface area contributed by atoms with Crippen LogP contribution in [0.1, 0.15) is 12.6 Å². The molecule has 94 valence electrons. The number of nitrogens with zero attached hydrogens (tertiary/aromatic N) is 1. The third kappa shape index (κ3) is 2.31. The summed E-state index contributed by atoms with van der Waals surface area (Å²) in [6.45, 7) is -0.320. The second-order valence-corrected chi connectivity index (χ2v) is 4.01. The van der Waals surface area contributed by atoms with Crippen LogP contribution in [-0.2, 0) is 4.74 Å². The topological polar surface area (TPSA) is 105 Å². The Hall–Kier alpha value is -1.44. The number of aliphatic hydroxyl groups is 2. The molecule has 1 aliphatic rings. The molecular formula is C10H14N2O5. The van der Waals surface area contributed by atoms with Gasteiger partial charge >= 0.3 is 5.69 Å². The molecular weight excluding hydrogens is 228 g/mol. The van der Waals surface area contributed by atoms with E-state index in [1.807, 2.05) is 0 Å². The van der Waals surface area contributed by atoms with Gasteiger partial charge in [0.05, 0.1) is 12.7 Å². The lowest BCUT2D eigenvalue weighted by Gasteiger charge is -2.14. The van der Waals surface area contributed by atoms with Crippen molar-refractivity contribution in [2.24, 2.45) is 5.92 Å². The Labute approximate surface area is 96.3 Å². The van der Waals surface area contributed by atoms with Crippen LogP contribution in [-0.4, -0.2) is 39.1 Å². The van der Waals surface area contributed by atoms with E-state index in [4.69, 9.17) is 14.9 Å². The van der Waals surface area contributed by atoms with Crippen molar-refractivity contribution in [2.45, 2.75) is 18.8 Å². The molecule has 0 bridgehead atoms. The first kappa shape index (κ1) is 12.0. The van der Waals surface area contributed by atoms with Gasteiger partial charge in [-0.3, -0.25) is 14.3 Å². The van der Waals surface area contributed by atoms with Gasteiger partial charge < -0.3 is 14.9 Å². The molecule has 0 aliphatic carbocycles. The fourth-order valence-corrected chi connectivity index (χ4v) is 2.00. The molecule has 1 fully saturated rings. The van der Waals surface area contributed by atoms with Crippen LogP contribution in [0.15, 0.2) is 21.9 Å². The summed E-state index contributed by atoms with van der Waals surface area (Å²) >= 11 is 0. The van der Waals surface area contributed by atoms with E-state index in [1.165, 1.54) is 16.8 Å². The minimum atomic E-state index is -0.561. The fraction of sp³-hybridized carbons (Fsp3) is 0.600. The molecule has 1 aromatic heterocycles. The Bertz CT molecular complexity index is 482. The van der Waals surface area contributed by atoms with E-state index in [2.05, 4.69) is 4.98 Å². The van der Waals surface area contributed by atoms with Crippen LogP contribution in [0.2, 0.25) is 0 Å². The highest BCUT2D eigenvalue weighted by atomic mass is 16.5. The average Bonchev–Trinajstić information content (AvgIpc) is 2.72. The summed E-state index contributed by atoms with van der Waals surface area (Å²) in [6, 6.07) is 1.23. The number of H-pyrrole nitrogens is 1. The van der Waals surface area contributed by atoms with Gasteiger partial charge in [0.25, 0.3) is 5.56 Å². The molecule has 0 unspecified atom stereocenters. The Morgan fingerprint density at radius 3 is 2.71 bits per heavy atom. The minimum Gasteiger partial charge on any atom is -0.396 e. The van der Waals surface area contributed by atoms with Crippen molar-refractivity contribution < 1.29 is 14.9 Å². The molecule has 0 amide bonds. The molecule has 1 saturated heterocycles. The van der Waals surface area contributed by atoms with E-state index in [0.717, 1.165) is 0 Å². The highest BCUT2D eigenvalue weighted by Crippen LogP contribution is 2.31. The molecule has 2 heterocycles. The molecule has 1 aliphatic heterocycles. The van der Waals surface area contributed by atoms with Gasteiger partial charge in [0.15, 0.2) is 0 Å². The van der Waals surface area contributed by atoms with Crippen molar-refractivity contribution in [3.8, 4) is 0 Å². The van der Waals surface area contributed by atoms with Crippen molar-refractivity contribution in [3.05, 3.63) is 33.1 Å². The number of aromatic amines is 1. The summed E-state index contributed by atoms with van der Waals surface area (Å²) in [5.41, 5.74) is -1.03. The molecule has 7 heteroatoms. The first-order chi connectivity index (χ1) is 8.15. The van der Waals surface area contributed by atoms with Gasteiger partial charge in [0.2, 0.25) is 0 Å². The number of hydrogen-bond donors (Lipinski definition) is 3. The minimum absolute atomic E-state index is 0.111. The van der Waals surface area contributed by atoms with Crippen LogP contribution < -0.4 is 11.2 Å². The lowest BCUT2D eigenvalue weighted by Crippen LogP contribution is -2.31. The third-order valence-corrected chi connectivity index (χ3v) is 2.94. The Kier molecular flexibility index (Phi) is 3.41. The van der Waals surface area contributed by atoms with Gasteiger partial charge in [-0.05, 0) is 0 Å². The zero-order valence-corrected chi connectivity index (χ0v) is 9.07. The fourth-order valence-electron chi connectivity index (χ4n) is 2.00. The molecule has 1 aromatic rings. The molecule has 7 nitrogen and oxygen atoms in total. The predicted molar refractivity (Wildman–Crippen MR) is 57.5 cm³/mol. The molecule has 2 rings (SSSR count). The molecule has 0 saturated carbocycles. The predicted octanol–water partition coefficient (Wildman–Crippen LogP) is -1.58. The second-order valence-electron chi connectivity index (χ2n) is 4.01. The molecule has 3 N–H and O–H groups in total. The molecule has 0 radical (unpaired) electrons. The molecule has 3 atom stereocenters. The lowest BCUT2D eigenvalue weighted by molar-refractivity contribution is -0.0366. The zero-order chi connectivity index (χ0) is 12.4. The van der Waals surface area contributed by atoms with Crippen LogP contribution in [0.3, 0.4) is 0 Å². The van der Waals surface area contributed by atoms with E-state index in [-0.39, 0.29) is 19.1 Å². The van der Waals surface area contributed by atoms with Gasteiger partial charge in [-0.15, -0.1) is 0 Å². The largest absolute Gasteiger partial charge is 0.396 e. The van der Waals surface area contributed by atoms with Gasteiger partial charge in [0.1, 0.15) is 6.23 Å². The monoisotopic (exact) mass is 242 g/mol. The average molecular weight is 242 g/mol. The summed E-state index contributed by atoms with van der Waals surface area (Å²) in [5.74, 6) is -0.205. The summed E-state index contributed by atoms with van der Waals surface area (Å²) in [6.07, 6.45) is 0.728. The van der Waals surface area contributed by atoms with Crippen molar-refractivity contribution in [1.29, 1.82) is 0 Å². The third-order valence-electron chi connectivity index (χ3n) is 2.94. The van der Waals surface area contributed by atoms with E-state index in [9.17, 15) is 9.59 Å². The zero-order valence-electron chi connectivity index (χ0n) is 9.07. The van der Waals surface area contributed by atoms with E-state index in [1.54, 1.807) is 0 Å². The number of nitrogens with one attached hydrogen (secondary N) is 1. The van der Waals surface area contributed by atoms with Crippen LogP contribution in [0.5, 0.6) is 0 Å². The summed E-state index contributed by atoms with van der Waals surface area (Å²) < 4.78 is 6.70. The van der Waals surface area contributed by atoms with E-state index >= 15 is 0 Å². The molecule has 0 aromatic carbocycles. The summed E-state index contributed by atoms with van der Waals surface area (Å²) in [7, 11) is 0. The van der Waals surface area contributed by atoms with Crippen molar-refractivity contribution in [3.63, 3.8) is 0 Å². The molecule has 0 spiro atoms. The van der Waals surface area contributed by atoms with Crippen LogP contribution in [0.25, 0.3) is 0 Å². The number of aromatic nitrogens is 2.